The molecule has 150 valence electrons. The molecule has 5 rings (SSSR count). The monoisotopic (exact) mass is 465 g/mol. The van der Waals surface area contributed by atoms with Gasteiger partial charge in [0.05, 0.1) is 17.3 Å². The Kier molecular flexibility index (Phi) is 4.22. The number of phenolic OH excluding ortho intramolecular Hbond substituents is 1. The molecule has 8 heteroatoms. The number of ether oxygens (including phenoxy) is 3. The number of nitrogens with zero attached hydrogens (tertiary/aromatic N) is 2. The molecule has 1 aromatic heterocycles. The number of pyridine rings is 1. The molecule has 0 aliphatic carbocycles. The van der Waals surface area contributed by atoms with E-state index in [2.05, 4.69) is 22.0 Å². The molecule has 3 heterocycles. The van der Waals surface area contributed by atoms with E-state index in [1.54, 1.807) is 12.1 Å². The fourth-order valence-corrected chi connectivity index (χ4v) is 4.45. The third kappa shape index (κ3) is 2.66. The molecular formula is C22H16BrN3O4. The average molecular weight is 466 g/mol. The number of hydrogen-bond acceptors (Lipinski definition) is 6. The molecule has 0 unspecified atom stereocenters. The molecule has 0 radical (unpaired) electrons. The summed E-state index contributed by atoms with van der Waals surface area (Å²) in [6, 6.07) is 11.4. The Bertz CT molecular complexity index is 1320. The molecular weight excluding hydrogens is 450 g/mol. The Labute approximate surface area is 180 Å². The lowest BCUT2D eigenvalue weighted by atomic mass is 9.92. The largest absolute Gasteiger partial charge is 0.503 e. The third-order valence-electron chi connectivity index (χ3n) is 5.50. The van der Waals surface area contributed by atoms with E-state index in [0.29, 0.717) is 27.9 Å². The van der Waals surface area contributed by atoms with Crippen LogP contribution in [0.15, 0.2) is 34.8 Å². The van der Waals surface area contributed by atoms with Gasteiger partial charge in [0.15, 0.2) is 23.0 Å². The van der Waals surface area contributed by atoms with E-state index < -0.39 is 0 Å². The van der Waals surface area contributed by atoms with Crippen LogP contribution < -0.4 is 19.7 Å². The van der Waals surface area contributed by atoms with Crippen molar-refractivity contribution in [3.63, 3.8) is 0 Å². The minimum Gasteiger partial charge on any atom is -0.503 e. The smallest absolute Gasteiger partial charge is 0.231 e. The number of nitriles is 1. The lowest BCUT2D eigenvalue weighted by molar-refractivity contribution is 0.174. The molecule has 0 spiro atoms. The summed E-state index contributed by atoms with van der Waals surface area (Å²) < 4.78 is 18.6. The molecule has 3 aromatic rings. The van der Waals surface area contributed by atoms with Crippen molar-refractivity contribution in [1.82, 2.24) is 4.57 Å². The summed E-state index contributed by atoms with van der Waals surface area (Å²) in [5.41, 5.74) is 4.57. The van der Waals surface area contributed by atoms with Gasteiger partial charge in [-0.25, -0.2) is 0 Å². The zero-order valence-electron chi connectivity index (χ0n) is 16.0. The van der Waals surface area contributed by atoms with E-state index >= 15 is 0 Å². The average Bonchev–Trinajstić information content (AvgIpc) is 3.21. The summed E-state index contributed by atoms with van der Waals surface area (Å²) in [5, 5.41) is 28.7. The van der Waals surface area contributed by atoms with Gasteiger partial charge in [0.25, 0.3) is 0 Å². The quantitative estimate of drug-likeness (QED) is 0.596. The molecule has 0 fully saturated rings. The summed E-state index contributed by atoms with van der Waals surface area (Å²) >= 11 is 3.34. The van der Waals surface area contributed by atoms with Crippen molar-refractivity contribution in [2.45, 2.75) is 13.0 Å². The van der Waals surface area contributed by atoms with Crippen LogP contribution in [0.3, 0.4) is 0 Å². The van der Waals surface area contributed by atoms with Crippen LogP contribution in [-0.4, -0.2) is 23.6 Å². The van der Waals surface area contributed by atoms with E-state index in [1.165, 1.54) is 7.11 Å². The summed E-state index contributed by atoms with van der Waals surface area (Å²) in [4.78, 5) is 0. The standard InChI is InChI=1S/C22H16BrN3O4/c1-28-20-6-12(4-16(23)21(20)27)13-7-17-14-8-19-18(29-10-30-19)5-11(14)2-3-26(17)22(25)15(13)9-24/h4-8,25,27H,2-3,10H2,1H3. The molecule has 2 aliphatic rings. The van der Waals surface area contributed by atoms with Crippen LogP contribution in [0.1, 0.15) is 11.1 Å². The van der Waals surface area contributed by atoms with Gasteiger partial charge in [-0.15, -0.1) is 0 Å². The first-order valence-corrected chi connectivity index (χ1v) is 10.0. The highest BCUT2D eigenvalue weighted by atomic mass is 79.9. The minimum absolute atomic E-state index is 0.0174. The number of nitrogens with one attached hydrogen (secondary N) is 1. The maximum atomic E-state index is 10.2. The van der Waals surface area contributed by atoms with Crippen LogP contribution >= 0.6 is 15.9 Å². The van der Waals surface area contributed by atoms with Gasteiger partial charge in [-0.2, -0.15) is 5.26 Å². The fraction of sp³-hybridized carbons (Fsp3) is 0.182. The molecule has 0 saturated carbocycles. The first-order valence-electron chi connectivity index (χ1n) is 9.24. The van der Waals surface area contributed by atoms with Crippen molar-refractivity contribution in [2.75, 3.05) is 13.9 Å². The summed E-state index contributed by atoms with van der Waals surface area (Å²) in [5.74, 6) is 1.67. The number of aryl methyl sites for hydroxylation is 1. The second kappa shape index (κ2) is 6.82. The number of methoxy groups -OCH3 is 1. The highest BCUT2D eigenvalue weighted by molar-refractivity contribution is 9.10. The van der Waals surface area contributed by atoms with Crippen LogP contribution in [0.2, 0.25) is 0 Å². The zero-order chi connectivity index (χ0) is 21.0. The van der Waals surface area contributed by atoms with Crippen LogP contribution in [0.25, 0.3) is 22.4 Å². The highest BCUT2D eigenvalue weighted by Crippen LogP contribution is 2.43. The summed E-state index contributed by atoms with van der Waals surface area (Å²) in [7, 11) is 1.47. The second-order valence-electron chi connectivity index (χ2n) is 7.05. The lowest BCUT2D eigenvalue weighted by Crippen LogP contribution is -2.28. The van der Waals surface area contributed by atoms with Crippen molar-refractivity contribution in [3.8, 4) is 51.5 Å². The molecule has 2 aromatic carbocycles. The topological polar surface area (TPSA) is 100 Å². The van der Waals surface area contributed by atoms with Crippen molar-refractivity contribution < 1.29 is 19.3 Å². The van der Waals surface area contributed by atoms with E-state index in [0.717, 1.165) is 29.0 Å². The number of fused-ring (bicyclic) bond motifs is 4. The molecule has 2 aliphatic heterocycles. The van der Waals surface area contributed by atoms with Crippen molar-refractivity contribution >= 4 is 15.9 Å². The number of benzene rings is 2. The van der Waals surface area contributed by atoms with Crippen molar-refractivity contribution in [3.05, 3.63) is 51.4 Å². The Morgan fingerprint density at radius 3 is 2.67 bits per heavy atom. The van der Waals surface area contributed by atoms with Crippen LogP contribution in [0, 0.1) is 16.7 Å². The Hall–Kier alpha value is -3.44. The first kappa shape index (κ1) is 18.6. The van der Waals surface area contributed by atoms with Crippen LogP contribution in [0.5, 0.6) is 23.0 Å². The number of rotatable bonds is 2. The summed E-state index contributed by atoms with van der Waals surface area (Å²) in [6.45, 7) is 0.792. The normalized spacial score (nSPS) is 13.4. The van der Waals surface area contributed by atoms with Gasteiger partial charge >= 0.3 is 0 Å². The van der Waals surface area contributed by atoms with Crippen molar-refractivity contribution in [2.24, 2.45) is 0 Å². The van der Waals surface area contributed by atoms with E-state index in [1.807, 2.05) is 22.8 Å². The maximum absolute atomic E-state index is 10.2. The molecule has 0 atom stereocenters. The molecule has 0 bridgehead atoms. The number of phenols is 1. The van der Waals surface area contributed by atoms with E-state index in [4.69, 9.17) is 19.6 Å². The molecule has 0 amide bonds. The van der Waals surface area contributed by atoms with Gasteiger partial charge in [0, 0.05) is 17.7 Å². The van der Waals surface area contributed by atoms with Gasteiger partial charge in [-0.05, 0) is 63.8 Å². The number of hydrogen-bond donors (Lipinski definition) is 2. The van der Waals surface area contributed by atoms with Crippen LogP contribution in [-0.2, 0) is 13.0 Å². The first-order chi connectivity index (χ1) is 14.5. The Morgan fingerprint density at radius 2 is 1.93 bits per heavy atom. The second-order valence-corrected chi connectivity index (χ2v) is 7.91. The number of halogens is 1. The highest BCUT2D eigenvalue weighted by Gasteiger charge is 2.25. The van der Waals surface area contributed by atoms with E-state index in [9.17, 15) is 10.4 Å². The van der Waals surface area contributed by atoms with E-state index in [-0.39, 0.29) is 29.3 Å². The van der Waals surface area contributed by atoms with Gasteiger partial charge in [-0.3, -0.25) is 5.41 Å². The van der Waals surface area contributed by atoms with Gasteiger partial charge in [0.2, 0.25) is 6.79 Å². The predicted molar refractivity (Wildman–Crippen MR) is 112 cm³/mol. The van der Waals surface area contributed by atoms with Crippen molar-refractivity contribution in [1.29, 1.82) is 10.7 Å². The van der Waals surface area contributed by atoms with Gasteiger partial charge < -0.3 is 23.9 Å². The van der Waals surface area contributed by atoms with Crippen LogP contribution in [0.4, 0.5) is 0 Å². The lowest BCUT2D eigenvalue weighted by Gasteiger charge is -2.24. The molecule has 30 heavy (non-hydrogen) atoms. The maximum Gasteiger partial charge on any atom is 0.231 e. The molecule has 2 N–H and O–H groups in total. The van der Waals surface area contributed by atoms with Gasteiger partial charge in [0.1, 0.15) is 17.1 Å². The zero-order valence-corrected chi connectivity index (χ0v) is 17.5. The molecule has 0 saturated heterocycles. The SMILES string of the molecule is COc1cc(-c2cc3n(c(=N)c2C#N)CCc2cc4c(cc2-3)OCO4)cc(Br)c1O. The third-order valence-corrected chi connectivity index (χ3v) is 6.10. The minimum atomic E-state index is -0.0174. The number of aromatic nitrogens is 1. The Balaban J connectivity index is 1.79. The summed E-state index contributed by atoms with van der Waals surface area (Å²) in [6.07, 6.45) is 0.734. The molecule has 7 nitrogen and oxygen atoms in total. The predicted octanol–water partition coefficient (Wildman–Crippen LogP) is 3.93. The fourth-order valence-electron chi connectivity index (χ4n) is 4.01. The number of aromatic hydroxyl groups is 1. The van der Waals surface area contributed by atoms with Gasteiger partial charge in [-0.1, -0.05) is 0 Å². The Morgan fingerprint density at radius 1 is 1.17 bits per heavy atom.